The molecule has 2 N–H and O–H groups in total. The summed E-state index contributed by atoms with van der Waals surface area (Å²) < 4.78 is 22.0. The molecule has 2 atom stereocenters. The van der Waals surface area contributed by atoms with Gasteiger partial charge in [-0.3, -0.25) is 4.79 Å². The number of rotatable bonds is 13. The quantitative estimate of drug-likeness (QED) is 0.388. The zero-order chi connectivity index (χ0) is 25.9. The Bertz CT molecular complexity index is 971. The van der Waals surface area contributed by atoms with Crippen LogP contribution in [0.2, 0.25) is 0 Å². The minimum absolute atomic E-state index is 0.0371. The number of ether oxygens (including phenoxy) is 4. The van der Waals surface area contributed by atoms with E-state index in [1.54, 1.807) is 43.5 Å². The van der Waals surface area contributed by atoms with Gasteiger partial charge in [-0.1, -0.05) is 0 Å². The molecule has 0 spiro atoms. The van der Waals surface area contributed by atoms with Gasteiger partial charge >= 0.3 is 6.09 Å². The molecule has 0 bridgehead atoms. The zero-order valence-corrected chi connectivity index (χ0v) is 22.1. The first-order chi connectivity index (χ1) is 17.4. The summed E-state index contributed by atoms with van der Waals surface area (Å²) in [5, 5.41) is 8.69. The predicted octanol–water partition coefficient (Wildman–Crippen LogP) is 2.93. The van der Waals surface area contributed by atoms with E-state index in [0.29, 0.717) is 56.5 Å². The van der Waals surface area contributed by atoms with E-state index in [1.807, 2.05) is 19.2 Å². The number of amides is 2. The molecule has 10 nitrogen and oxygen atoms in total. The molecular formula is C25H36N4O6S. The van der Waals surface area contributed by atoms with Crippen LogP contribution in [0.1, 0.15) is 35.6 Å². The highest BCUT2D eigenvalue weighted by molar-refractivity contribution is 7.09. The molecule has 3 rings (SSSR count). The highest BCUT2D eigenvalue weighted by atomic mass is 32.1. The van der Waals surface area contributed by atoms with E-state index in [4.69, 9.17) is 18.9 Å². The van der Waals surface area contributed by atoms with E-state index < -0.39 is 6.09 Å². The lowest BCUT2D eigenvalue weighted by atomic mass is 10.0. The summed E-state index contributed by atoms with van der Waals surface area (Å²) >= 11 is 1.47. The average Bonchev–Trinajstić information content (AvgIpc) is 3.55. The number of nitrogens with zero attached hydrogens (tertiary/aromatic N) is 2. The van der Waals surface area contributed by atoms with E-state index in [9.17, 15) is 9.59 Å². The number of benzene rings is 1. The number of aromatic nitrogens is 1. The van der Waals surface area contributed by atoms with Crippen LogP contribution in [0, 0.1) is 5.92 Å². The number of alkyl carbamates (subject to hydrolysis) is 1. The molecule has 1 aromatic heterocycles. The summed E-state index contributed by atoms with van der Waals surface area (Å²) in [6.07, 6.45) is 1.59. The standard InChI is InChI=1S/C25H36N4O6S/c1-17(2)29(24(30)18-6-7-20(33-4)21(12-18)34-10-5-9-32-3)16-19-13-26-14-22(19)35-25(31)28-15-23-27-8-11-36-23/h6-8,11-12,17,19,22,26H,5,9-10,13-16H2,1-4H3,(H,28,31)/t19-,22+/m0/s1. The molecule has 2 amide bonds. The molecule has 198 valence electrons. The lowest BCUT2D eigenvalue weighted by Gasteiger charge is -2.31. The molecule has 2 heterocycles. The van der Waals surface area contributed by atoms with Crippen LogP contribution in [0.3, 0.4) is 0 Å². The Balaban J connectivity index is 1.63. The topological polar surface area (TPSA) is 111 Å². The molecule has 0 aliphatic carbocycles. The second-order valence-electron chi connectivity index (χ2n) is 8.75. The fourth-order valence-corrected chi connectivity index (χ4v) is 4.51. The molecule has 1 aromatic carbocycles. The summed E-state index contributed by atoms with van der Waals surface area (Å²) in [6, 6.07) is 5.15. The minimum atomic E-state index is -0.489. The summed E-state index contributed by atoms with van der Waals surface area (Å²) in [6.45, 7) is 6.95. The van der Waals surface area contributed by atoms with Crippen molar-refractivity contribution in [3.8, 4) is 11.5 Å². The monoisotopic (exact) mass is 520 g/mol. The Morgan fingerprint density at radius 3 is 2.75 bits per heavy atom. The molecule has 1 saturated heterocycles. The fourth-order valence-electron chi connectivity index (χ4n) is 3.95. The van der Waals surface area contributed by atoms with E-state index >= 15 is 0 Å². The van der Waals surface area contributed by atoms with E-state index in [1.165, 1.54) is 11.3 Å². The van der Waals surface area contributed by atoms with Crippen molar-refractivity contribution >= 4 is 23.3 Å². The van der Waals surface area contributed by atoms with Gasteiger partial charge in [0.2, 0.25) is 0 Å². The molecule has 0 saturated carbocycles. The molecular weight excluding hydrogens is 484 g/mol. The molecule has 0 unspecified atom stereocenters. The number of methoxy groups -OCH3 is 2. The fraction of sp³-hybridized carbons (Fsp3) is 0.560. The van der Waals surface area contributed by atoms with Crippen LogP contribution in [-0.4, -0.2) is 81.1 Å². The number of carbonyl (C=O) groups excluding carboxylic acids is 2. The van der Waals surface area contributed by atoms with Gasteiger partial charge in [-0.15, -0.1) is 11.3 Å². The maximum absolute atomic E-state index is 13.5. The van der Waals surface area contributed by atoms with Crippen LogP contribution in [0.5, 0.6) is 11.5 Å². The Morgan fingerprint density at radius 2 is 2.06 bits per heavy atom. The summed E-state index contributed by atoms with van der Waals surface area (Å²) in [7, 11) is 3.21. The summed E-state index contributed by atoms with van der Waals surface area (Å²) in [5.41, 5.74) is 0.510. The summed E-state index contributed by atoms with van der Waals surface area (Å²) in [5.74, 6) is 0.930. The zero-order valence-electron chi connectivity index (χ0n) is 21.3. The Labute approximate surface area is 216 Å². The minimum Gasteiger partial charge on any atom is -0.493 e. The van der Waals surface area contributed by atoms with Gasteiger partial charge in [-0.2, -0.15) is 0 Å². The van der Waals surface area contributed by atoms with Crippen molar-refractivity contribution in [2.24, 2.45) is 5.92 Å². The largest absolute Gasteiger partial charge is 0.493 e. The van der Waals surface area contributed by atoms with Gasteiger partial charge in [0.1, 0.15) is 11.1 Å². The predicted molar refractivity (Wildman–Crippen MR) is 137 cm³/mol. The highest BCUT2D eigenvalue weighted by Gasteiger charge is 2.34. The van der Waals surface area contributed by atoms with Gasteiger partial charge < -0.3 is 34.5 Å². The normalized spacial score (nSPS) is 17.1. The maximum Gasteiger partial charge on any atom is 0.407 e. The highest BCUT2D eigenvalue weighted by Crippen LogP contribution is 2.29. The molecule has 11 heteroatoms. The number of hydrogen-bond donors (Lipinski definition) is 2. The molecule has 1 fully saturated rings. The van der Waals surface area contributed by atoms with Crippen LogP contribution in [0.15, 0.2) is 29.8 Å². The third kappa shape index (κ3) is 7.81. The number of carbonyl (C=O) groups is 2. The average molecular weight is 521 g/mol. The Hall–Kier alpha value is -2.89. The van der Waals surface area contributed by atoms with Gasteiger partial charge in [-0.05, 0) is 32.0 Å². The van der Waals surface area contributed by atoms with Crippen LogP contribution >= 0.6 is 11.3 Å². The Kier molecular flexibility index (Phi) is 10.8. The second kappa shape index (κ2) is 14.0. The molecule has 0 radical (unpaired) electrons. The van der Waals surface area contributed by atoms with E-state index in [-0.39, 0.29) is 24.0 Å². The summed E-state index contributed by atoms with van der Waals surface area (Å²) in [4.78, 5) is 31.8. The SMILES string of the molecule is COCCCOc1cc(C(=O)N(C[C@@H]2CNC[C@H]2OC(=O)NCc2nccs2)C(C)C)ccc1OC. The third-order valence-electron chi connectivity index (χ3n) is 5.88. The van der Waals surface area contributed by atoms with Crippen molar-refractivity contribution in [1.29, 1.82) is 0 Å². The van der Waals surface area contributed by atoms with Crippen LogP contribution in [-0.2, 0) is 16.0 Å². The van der Waals surface area contributed by atoms with Gasteiger partial charge in [0.05, 0.1) is 20.3 Å². The number of thiazole rings is 1. The van der Waals surface area contributed by atoms with Crippen molar-refractivity contribution < 1.29 is 28.5 Å². The van der Waals surface area contributed by atoms with Crippen molar-refractivity contribution in [3.63, 3.8) is 0 Å². The van der Waals surface area contributed by atoms with Crippen molar-refractivity contribution in [3.05, 3.63) is 40.3 Å². The molecule has 1 aliphatic rings. The van der Waals surface area contributed by atoms with Gasteiger partial charge in [0, 0.05) is 68.9 Å². The van der Waals surface area contributed by atoms with E-state index in [0.717, 1.165) is 11.4 Å². The smallest absolute Gasteiger partial charge is 0.407 e. The first-order valence-electron chi connectivity index (χ1n) is 12.1. The van der Waals surface area contributed by atoms with E-state index in [2.05, 4.69) is 15.6 Å². The first-order valence-corrected chi connectivity index (χ1v) is 12.9. The molecule has 2 aromatic rings. The van der Waals surface area contributed by atoms with Crippen LogP contribution in [0.4, 0.5) is 4.79 Å². The molecule has 1 aliphatic heterocycles. The van der Waals surface area contributed by atoms with Crippen LogP contribution in [0.25, 0.3) is 0 Å². The van der Waals surface area contributed by atoms with Crippen molar-refractivity contribution in [2.45, 2.75) is 39.0 Å². The Morgan fingerprint density at radius 1 is 1.22 bits per heavy atom. The van der Waals surface area contributed by atoms with Gasteiger partial charge in [-0.25, -0.2) is 9.78 Å². The van der Waals surface area contributed by atoms with Gasteiger partial charge in [0.15, 0.2) is 11.5 Å². The van der Waals surface area contributed by atoms with Crippen molar-refractivity contribution in [1.82, 2.24) is 20.5 Å². The second-order valence-corrected chi connectivity index (χ2v) is 9.73. The lowest BCUT2D eigenvalue weighted by Crippen LogP contribution is -2.44. The molecule has 36 heavy (non-hydrogen) atoms. The van der Waals surface area contributed by atoms with Crippen molar-refractivity contribution in [2.75, 3.05) is 47.1 Å². The van der Waals surface area contributed by atoms with Gasteiger partial charge in [0.25, 0.3) is 5.91 Å². The first kappa shape index (κ1) is 27.7. The lowest BCUT2D eigenvalue weighted by molar-refractivity contribution is 0.0521. The third-order valence-corrected chi connectivity index (χ3v) is 6.66. The number of nitrogens with one attached hydrogen (secondary N) is 2. The maximum atomic E-state index is 13.5. The number of hydrogen-bond acceptors (Lipinski definition) is 9. The van der Waals surface area contributed by atoms with Crippen LogP contribution < -0.4 is 20.1 Å².